The lowest BCUT2D eigenvalue weighted by molar-refractivity contribution is 0.130. The van der Waals surface area contributed by atoms with Crippen LogP contribution in [-0.2, 0) is 4.43 Å². The van der Waals surface area contributed by atoms with Gasteiger partial charge < -0.3 is 4.43 Å². The molecule has 3 aromatic rings. The normalized spacial score (nSPS) is 19.7. The maximum Gasteiger partial charge on any atom is 0.192 e. The van der Waals surface area contributed by atoms with Gasteiger partial charge in [-0.15, -0.1) is 11.8 Å². The summed E-state index contributed by atoms with van der Waals surface area (Å²) in [4.78, 5) is 0. The molecule has 4 heteroatoms. The number of unbranched alkanes of at least 4 members (excludes halogenated alkanes) is 1. The summed E-state index contributed by atoms with van der Waals surface area (Å²) in [6, 6.07) is 34.2. The Balaban J connectivity index is 2.04. The van der Waals surface area contributed by atoms with Gasteiger partial charge in [0, 0.05) is 0 Å². The van der Waals surface area contributed by atoms with E-state index in [1.807, 2.05) is 0 Å². The molecule has 1 nitrogen and oxygen atoms in total. The second-order valence-electron chi connectivity index (χ2n) is 12.3. The van der Waals surface area contributed by atoms with Gasteiger partial charge in [-0.2, -0.15) is 0 Å². The van der Waals surface area contributed by atoms with Crippen LogP contribution < -0.4 is 15.6 Å². The van der Waals surface area contributed by atoms with E-state index in [4.69, 9.17) is 4.43 Å². The zero-order valence-corrected chi connectivity index (χ0v) is 27.3. The van der Waals surface area contributed by atoms with Crippen molar-refractivity contribution in [2.75, 3.05) is 5.75 Å². The maximum absolute atomic E-state index is 7.20. The van der Waals surface area contributed by atoms with Crippen molar-refractivity contribution in [3.05, 3.63) is 101 Å². The molecule has 202 valence electrons. The number of rotatable bonds is 10. The van der Waals surface area contributed by atoms with Crippen LogP contribution in [0.2, 0.25) is 18.1 Å². The maximum atomic E-state index is 7.20. The van der Waals surface area contributed by atoms with Crippen molar-refractivity contribution in [1.82, 2.24) is 0 Å². The van der Waals surface area contributed by atoms with Crippen molar-refractivity contribution in [2.45, 2.75) is 78.1 Å². The van der Waals surface area contributed by atoms with E-state index < -0.39 is 16.4 Å². The molecule has 0 spiro atoms. The summed E-state index contributed by atoms with van der Waals surface area (Å²) >= 11 is 2.14. The Morgan fingerprint density at radius 1 is 0.816 bits per heavy atom. The molecular weight excluding hydrogens is 513 g/mol. The fraction of sp³-hybridized carbons (Fsp3) is 0.412. The third-order valence-electron chi connectivity index (χ3n) is 8.66. The van der Waals surface area contributed by atoms with Crippen molar-refractivity contribution in [2.24, 2.45) is 5.92 Å². The molecule has 0 radical (unpaired) electrons. The largest absolute Gasteiger partial charge is 0.410 e. The van der Waals surface area contributed by atoms with Gasteiger partial charge in [0.1, 0.15) is 0 Å². The summed E-state index contributed by atoms with van der Waals surface area (Å²) in [6.07, 6.45) is 3.79. The highest BCUT2D eigenvalue weighted by molar-refractivity contribution is 8.05. The van der Waals surface area contributed by atoms with E-state index in [0.29, 0.717) is 5.92 Å². The molecule has 0 aromatic heterocycles. The summed E-state index contributed by atoms with van der Waals surface area (Å²) in [6.45, 7) is 16.6. The van der Waals surface area contributed by atoms with Crippen LogP contribution in [0.5, 0.6) is 0 Å². The monoisotopic (exact) mass is 558 g/mol. The van der Waals surface area contributed by atoms with Crippen LogP contribution in [0.4, 0.5) is 0 Å². The molecule has 1 aliphatic carbocycles. The van der Waals surface area contributed by atoms with Gasteiger partial charge in [0.15, 0.2) is 16.4 Å². The highest BCUT2D eigenvalue weighted by Gasteiger charge is 2.50. The molecule has 2 unspecified atom stereocenters. The van der Waals surface area contributed by atoms with Crippen LogP contribution in [0, 0.1) is 5.92 Å². The van der Waals surface area contributed by atoms with Crippen LogP contribution in [0.1, 0.15) is 53.9 Å². The summed E-state index contributed by atoms with van der Waals surface area (Å²) in [7, 11) is -4.48. The van der Waals surface area contributed by atoms with E-state index in [9.17, 15) is 0 Å². The fourth-order valence-electron chi connectivity index (χ4n) is 5.43. The molecular formula is C34H46OSSi2. The molecule has 1 saturated carbocycles. The van der Waals surface area contributed by atoms with Crippen molar-refractivity contribution in [3.8, 4) is 0 Å². The summed E-state index contributed by atoms with van der Waals surface area (Å²) in [5.74, 6) is 1.69. The Hall–Kier alpha value is -1.86. The van der Waals surface area contributed by atoms with Crippen LogP contribution in [0.15, 0.2) is 101 Å². The Kier molecular flexibility index (Phi) is 9.29. The van der Waals surface area contributed by atoms with E-state index >= 15 is 0 Å². The molecule has 1 fully saturated rings. The molecule has 0 saturated heterocycles. The van der Waals surface area contributed by atoms with E-state index in [0.717, 1.165) is 12.2 Å². The quantitative estimate of drug-likeness (QED) is 0.142. The SMILES string of the molecule is CCCCS/C(=C1/C(C)CC1O[Si](C)(C)C(C)(C)C)[Si](c1ccccc1)(c1ccccc1)c1ccccc1. The first kappa shape index (κ1) is 29.1. The average Bonchev–Trinajstić information content (AvgIpc) is 2.90. The molecule has 0 bridgehead atoms. The molecule has 1 aliphatic rings. The van der Waals surface area contributed by atoms with Gasteiger partial charge >= 0.3 is 0 Å². The molecule has 3 aromatic carbocycles. The minimum absolute atomic E-state index is 0.194. The number of thioether (sulfide) groups is 1. The molecule has 0 amide bonds. The standard InChI is InChI=1S/C34H46OSSi2/c1-8-9-25-36-33(32-27(2)26-31(32)35-37(6,7)34(3,4)5)38(28-19-13-10-14-20-28,29-21-15-11-16-22-29)30-23-17-12-18-24-30/h10-24,27,31H,8-9,25-26H2,1-7H3/b33-32+. The average molecular weight is 559 g/mol. The van der Waals surface area contributed by atoms with Gasteiger partial charge in [0.25, 0.3) is 0 Å². The van der Waals surface area contributed by atoms with Gasteiger partial charge in [-0.05, 0) is 68.3 Å². The number of hydrogen-bond acceptors (Lipinski definition) is 2. The second-order valence-corrected chi connectivity index (χ2v) is 22.3. The molecule has 4 rings (SSSR count). The fourth-order valence-corrected chi connectivity index (χ4v) is 14.8. The first-order valence-corrected chi connectivity index (χ1v) is 20.2. The smallest absolute Gasteiger partial charge is 0.192 e. The zero-order chi connectivity index (χ0) is 27.4. The minimum atomic E-state index is -2.56. The van der Waals surface area contributed by atoms with E-state index in [1.54, 1.807) is 10.1 Å². The van der Waals surface area contributed by atoms with Crippen molar-refractivity contribution in [3.63, 3.8) is 0 Å². The highest BCUT2D eigenvalue weighted by atomic mass is 32.2. The predicted octanol–water partition coefficient (Wildman–Crippen LogP) is 7.91. The van der Waals surface area contributed by atoms with Gasteiger partial charge in [0.2, 0.25) is 0 Å². The molecule has 0 heterocycles. The molecule has 2 atom stereocenters. The molecule has 38 heavy (non-hydrogen) atoms. The van der Waals surface area contributed by atoms with Gasteiger partial charge in [-0.1, -0.05) is 132 Å². The summed E-state index contributed by atoms with van der Waals surface area (Å²) < 4.78 is 8.82. The molecule has 0 aliphatic heterocycles. The van der Waals surface area contributed by atoms with Crippen molar-refractivity contribution >= 4 is 43.7 Å². The van der Waals surface area contributed by atoms with E-state index in [2.05, 4.69) is 150 Å². The Morgan fingerprint density at radius 2 is 1.26 bits per heavy atom. The third-order valence-corrected chi connectivity index (χ3v) is 20.1. The Labute approximate surface area is 238 Å². The minimum Gasteiger partial charge on any atom is -0.410 e. The van der Waals surface area contributed by atoms with E-state index in [-0.39, 0.29) is 11.1 Å². The second kappa shape index (κ2) is 12.1. The Bertz CT molecular complexity index is 1100. The van der Waals surface area contributed by atoms with E-state index in [1.165, 1.54) is 28.4 Å². The number of hydrogen-bond donors (Lipinski definition) is 0. The lowest BCUT2D eigenvalue weighted by atomic mass is 9.79. The topological polar surface area (TPSA) is 9.23 Å². The Morgan fingerprint density at radius 3 is 1.63 bits per heavy atom. The van der Waals surface area contributed by atoms with Crippen LogP contribution in [0.3, 0.4) is 0 Å². The van der Waals surface area contributed by atoms with Crippen LogP contribution >= 0.6 is 11.8 Å². The van der Waals surface area contributed by atoms with Crippen molar-refractivity contribution in [1.29, 1.82) is 0 Å². The van der Waals surface area contributed by atoms with Gasteiger partial charge in [-0.25, -0.2) is 0 Å². The summed E-state index contributed by atoms with van der Waals surface area (Å²) in [5, 5.41) is 4.59. The summed E-state index contributed by atoms with van der Waals surface area (Å²) in [5.41, 5.74) is 1.58. The molecule has 0 N–H and O–H groups in total. The first-order chi connectivity index (χ1) is 18.1. The predicted molar refractivity (Wildman–Crippen MR) is 174 cm³/mol. The van der Waals surface area contributed by atoms with Gasteiger partial charge in [0.05, 0.1) is 6.10 Å². The van der Waals surface area contributed by atoms with Crippen LogP contribution in [0.25, 0.3) is 0 Å². The highest BCUT2D eigenvalue weighted by Crippen LogP contribution is 2.48. The van der Waals surface area contributed by atoms with Crippen LogP contribution in [-0.4, -0.2) is 28.2 Å². The zero-order valence-electron chi connectivity index (χ0n) is 24.5. The van der Waals surface area contributed by atoms with Crippen molar-refractivity contribution < 1.29 is 4.43 Å². The number of benzene rings is 3. The lowest BCUT2D eigenvalue weighted by Crippen LogP contribution is -2.69. The first-order valence-electron chi connectivity index (χ1n) is 14.3. The van der Waals surface area contributed by atoms with Gasteiger partial charge in [-0.3, -0.25) is 0 Å². The lowest BCUT2D eigenvalue weighted by Gasteiger charge is -2.49. The third kappa shape index (κ3) is 5.70.